The van der Waals surface area contributed by atoms with E-state index in [-0.39, 0.29) is 10.7 Å². The smallest absolute Gasteiger partial charge is 0.333 e. The monoisotopic (exact) mass is 504 g/mol. The topological polar surface area (TPSA) is 108 Å². The van der Waals surface area contributed by atoms with Crippen molar-refractivity contribution in [3.8, 4) is 0 Å². The summed E-state index contributed by atoms with van der Waals surface area (Å²) < 4.78 is 26.7. The third-order valence-electron chi connectivity index (χ3n) is 5.83. The molecule has 0 unspecified atom stereocenters. The molecule has 2 amide bonds. The molecule has 1 aliphatic heterocycles. The second kappa shape index (κ2) is 11.2. The average molecular weight is 505 g/mol. The highest BCUT2D eigenvalue weighted by molar-refractivity contribution is 7.90. The molecule has 8 nitrogen and oxygen atoms in total. The molecule has 0 atom stereocenters. The molecular formula is C27H28N4O4S. The van der Waals surface area contributed by atoms with Gasteiger partial charge in [0.05, 0.1) is 10.6 Å². The summed E-state index contributed by atoms with van der Waals surface area (Å²) in [5, 5.41) is 2.47. The fraction of sp³-hybridized carbons (Fsp3) is 0.222. The van der Waals surface area contributed by atoms with Crippen LogP contribution in [-0.4, -0.2) is 38.3 Å². The summed E-state index contributed by atoms with van der Waals surface area (Å²) in [4.78, 5) is 31.7. The Labute approximate surface area is 211 Å². The Morgan fingerprint density at radius 3 is 2.31 bits per heavy atom. The fourth-order valence-corrected chi connectivity index (χ4v) is 4.77. The SMILES string of the molecule is Cc1ccc(S(=O)(=O)NC(=O)Nc2ccc(C(=O)C=Cc3cccc(N4CCCCC4)n3)cc2)cc1. The molecule has 1 aromatic heterocycles. The second-order valence-electron chi connectivity index (χ2n) is 8.62. The van der Waals surface area contributed by atoms with Crippen molar-refractivity contribution in [3.63, 3.8) is 0 Å². The Morgan fingerprint density at radius 1 is 0.917 bits per heavy atom. The van der Waals surface area contributed by atoms with Crippen LogP contribution in [0.5, 0.6) is 0 Å². The first kappa shape index (κ1) is 25.1. The molecule has 0 saturated carbocycles. The zero-order valence-electron chi connectivity index (χ0n) is 20.0. The van der Waals surface area contributed by atoms with E-state index in [4.69, 9.17) is 0 Å². The van der Waals surface area contributed by atoms with E-state index in [1.165, 1.54) is 36.8 Å². The summed E-state index contributed by atoms with van der Waals surface area (Å²) in [6.45, 7) is 3.83. The predicted molar refractivity (Wildman–Crippen MR) is 141 cm³/mol. The maximum Gasteiger partial charge on any atom is 0.333 e. The molecule has 4 rings (SSSR count). The minimum atomic E-state index is -4.00. The van der Waals surface area contributed by atoms with Gasteiger partial charge in [0.1, 0.15) is 5.82 Å². The Bertz CT molecular complexity index is 1360. The van der Waals surface area contributed by atoms with E-state index in [1.54, 1.807) is 30.3 Å². The van der Waals surface area contributed by atoms with Gasteiger partial charge in [-0.2, -0.15) is 0 Å². The number of hydrogen-bond acceptors (Lipinski definition) is 6. The second-order valence-corrected chi connectivity index (χ2v) is 10.3. The van der Waals surface area contributed by atoms with Crippen molar-refractivity contribution in [1.82, 2.24) is 9.71 Å². The van der Waals surface area contributed by atoms with Crippen LogP contribution in [-0.2, 0) is 10.0 Å². The quantitative estimate of drug-likeness (QED) is 0.354. The molecule has 0 bridgehead atoms. The van der Waals surface area contributed by atoms with Crippen LogP contribution in [0.3, 0.4) is 0 Å². The van der Waals surface area contributed by atoms with E-state index in [9.17, 15) is 18.0 Å². The molecule has 1 aliphatic rings. The number of allylic oxidation sites excluding steroid dienone is 1. The van der Waals surface area contributed by atoms with Crippen molar-refractivity contribution < 1.29 is 18.0 Å². The lowest BCUT2D eigenvalue weighted by molar-refractivity contribution is 0.104. The van der Waals surface area contributed by atoms with E-state index >= 15 is 0 Å². The molecule has 2 N–H and O–H groups in total. The first-order valence-corrected chi connectivity index (χ1v) is 13.2. The number of rotatable bonds is 7. The van der Waals surface area contributed by atoms with Crippen LogP contribution in [0.15, 0.2) is 77.7 Å². The highest BCUT2D eigenvalue weighted by atomic mass is 32.2. The Hall–Kier alpha value is -3.98. The predicted octanol–water partition coefficient (Wildman–Crippen LogP) is 4.79. The largest absolute Gasteiger partial charge is 0.357 e. The van der Waals surface area contributed by atoms with Crippen molar-refractivity contribution in [3.05, 3.63) is 89.6 Å². The molecule has 2 heterocycles. The lowest BCUT2D eigenvalue weighted by atomic mass is 10.1. The zero-order chi connectivity index (χ0) is 25.5. The first-order chi connectivity index (χ1) is 17.3. The van der Waals surface area contributed by atoms with Crippen molar-refractivity contribution in [2.45, 2.75) is 31.1 Å². The summed E-state index contributed by atoms with van der Waals surface area (Å²) in [5.41, 5.74) is 2.39. The molecule has 1 saturated heterocycles. The third-order valence-corrected chi connectivity index (χ3v) is 7.17. The number of hydrogen-bond donors (Lipinski definition) is 2. The highest BCUT2D eigenvalue weighted by Crippen LogP contribution is 2.18. The highest BCUT2D eigenvalue weighted by Gasteiger charge is 2.17. The lowest BCUT2D eigenvalue weighted by Crippen LogP contribution is -2.34. The van der Waals surface area contributed by atoms with E-state index in [0.29, 0.717) is 16.9 Å². The minimum absolute atomic E-state index is 0.00747. The van der Waals surface area contributed by atoms with E-state index < -0.39 is 16.1 Å². The average Bonchev–Trinajstić information content (AvgIpc) is 2.88. The Kier molecular flexibility index (Phi) is 7.80. The van der Waals surface area contributed by atoms with Crippen LogP contribution in [0, 0.1) is 6.92 Å². The number of sulfonamides is 1. The van der Waals surface area contributed by atoms with Gasteiger partial charge in [-0.15, -0.1) is 0 Å². The number of pyridine rings is 1. The number of benzene rings is 2. The van der Waals surface area contributed by atoms with Crippen LogP contribution in [0.25, 0.3) is 6.08 Å². The van der Waals surface area contributed by atoms with Gasteiger partial charge in [-0.25, -0.2) is 22.9 Å². The molecule has 2 aromatic carbocycles. The van der Waals surface area contributed by atoms with Gasteiger partial charge in [0.25, 0.3) is 10.0 Å². The number of carbonyl (C=O) groups is 2. The van der Waals surface area contributed by atoms with Crippen LogP contribution in [0.2, 0.25) is 0 Å². The molecule has 186 valence electrons. The molecule has 36 heavy (non-hydrogen) atoms. The number of urea groups is 1. The van der Waals surface area contributed by atoms with Crippen molar-refractivity contribution in [2.24, 2.45) is 0 Å². The minimum Gasteiger partial charge on any atom is -0.357 e. The fourth-order valence-electron chi connectivity index (χ4n) is 3.86. The van der Waals surface area contributed by atoms with Gasteiger partial charge >= 0.3 is 6.03 Å². The van der Waals surface area contributed by atoms with Crippen LogP contribution in [0.1, 0.15) is 40.9 Å². The summed E-state index contributed by atoms with van der Waals surface area (Å²) in [6.07, 6.45) is 6.72. The standard InChI is InChI=1S/C27H28N4O4S/c1-20-8-15-24(16-9-20)36(34,35)30-27(33)29-23-12-10-21(11-13-23)25(32)17-14-22-6-5-7-26(28-22)31-18-3-2-4-19-31/h5-17H,2-4,18-19H2,1H3,(H2,29,30,33). The number of nitrogens with zero attached hydrogens (tertiary/aromatic N) is 2. The number of aromatic nitrogens is 1. The molecule has 3 aromatic rings. The van der Waals surface area contributed by atoms with Gasteiger partial charge in [-0.1, -0.05) is 23.8 Å². The molecule has 0 spiro atoms. The van der Waals surface area contributed by atoms with Gasteiger partial charge in [0, 0.05) is 24.3 Å². The van der Waals surface area contributed by atoms with E-state index in [2.05, 4.69) is 15.2 Å². The summed E-state index contributed by atoms with van der Waals surface area (Å²) in [7, 11) is -4.00. The van der Waals surface area contributed by atoms with Gasteiger partial charge in [-0.05, 0) is 86.9 Å². The number of ketones is 1. The van der Waals surface area contributed by atoms with Gasteiger partial charge in [-0.3, -0.25) is 4.79 Å². The maximum absolute atomic E-state index is 12.6. The lowest BCUT2D eigenvalue weighted by Gasteiger charge is -2.27. The molecular weight excluding hydrogens is 476 g/mol. The number of amides is 2. The molecule has 0 radical (unpaired) electrons. The number of anilines is 2. The van der Waals surface area contributed by atoms with E-state index in [0.717, 1.165) is 37.3 Å². The molecule has 1 fully saturated rings. The number of aryl methyl sites for hydroxylation is 1. The van der Waals surface area contributed by atoms with Crippen LogP contribution < -0.4 is 14.9 Å². The van der Waals surface area contributed by atoms with Crippen molar-refractivity contribution in [2.75, 3.05) is 23.3 Å². The number of nitrogens with one attached hydrogen (secondary N) is 2. The van der Waals surface area contributed by atoms with Crippen LogP contribution >= 0.6 is 0 Å². The van der Waals surface area contributed by atoms with Crippen molar-refractivity contribution in [1.29, 1.82) is 0 Å². The van der Waals surface area contributed by atoms with Crippen molar-refractivity contribution >= 4 is 39.4 Å². The third kappa shape index (κ3) is 6.57. The van der Waals surface area contributed by atoms with Crippen LogP contribution in [0.4, 0.5) is 16.3 Å². The normalized spacial score (nSPS) is 14.0. The van der Waals surface area contributed by atoms with Gasteiger partial charge in [0.2, 0.25) is 0 Å². The Balaban J connectivity index is 1.34. The number of carbonyl (C=O) groups excluding carboxylic acids is 2. The van der Waals surface area contributed by atoms with Gasteiger partial charge < -0.3 is 10.2 Å². The molecule has 0 aliphatic carbocycles. The first-order valence-electron chi connectivity index (χ1n) is 11.8. The zero-order valence-corrected chi connectivity index (χ0v) is 20.8. The summed E-state index contributed by atoms with van der Waals surface area (Å²) in [6, 6.07) is 17.2. The summed E-state index contributed by atoms with van der Waals surface area (Å²) in [5.74, 6) is 0.709. The van der Waals surface area contributed by atoms with Gasteiger partial charge in [0.15, 0.2) is 5.78 Å². The number of piperidine rings is 1. The summed E-state index contributed by atoms with van der Waals surface area (Å²) >= 11 is 0. The Morgan fingerprint density at radius 2 is 1.61 bits per heavy atom. The molecule has 9 heteroatoms. The maximum atomic E-state index is 12.6. The van der Waals surface area contributed by atoms with E-state index in [1.807, 2.05) is 29.8 Å².